The SMILES string of the molecule is CNC(Cc1cncc(Br)c1)C(F)F. The lowest BCUT2D eigenvalue weighted by molar-refractivity contribution is 0.102. The molecule has 0 aliphatic rings. The van der Waals surface area contributed by atoms with Crippen molar-refractivity contribution in [1.82, 2.24) is 10.3 Å². The Morgan fingerprint density at radius 3 is 2.71 bits per heavy atom. The van der Waals surface area contributed by atoms with Gasteiger partial charge in [-0.1, -0.05) is 0 Å². The van der Waals surface area contributed by atoms with Gasteiger partial charge in [0.25, 0.3) is 6.43 Å². The molecule has 0 amide bonds. The zero-order valence-corrected chi connectivity index (χ0v) is 9.26. The molecule has 1 unspecified atom stereocenters. The molecule has 0 aliphatic heterocycles. The molecular formula is C9H11BrF2N2. The Labute approximate surface area is 89.9 Å². The fraction of sp³-hybridized carbons (Fsp3) is 0.444. The van der Waals surface area contributed by atoms with E-state index in [0.717, 1.165) is 10.0 Å². The summed E-state index contributed by atoms with van der Waals surface area (Å²) in [6.07, 6.45) is 1.14. The number of rotatable bonds is 4. The highest BCUT2D eigenvalue weighted by Gasteiger charge is 2.18. The smallest absolute Gasteiger partial charge is 0.254 e. The van der Waals surface area contributed by atoms with E-state index in [1.165, 1.54) is 7.05 Å². The topological polar surface area (TPSA) is 24.9 Å². The van der Waals surface area contributed by atoms with E-state index in [2.05, 4.69) is 26.2 Å². The molecule has 1 aromatic rings. The highest BCUT2D eigenvalue weighted by Crippen LogP contribution is 2.13. The van der Waals surface area contributed by atoms with E-state index in [-0.39, 0.29) is 6.42 Å². The monoisotopic (exact) mass is 264 g/mol. The molecule has 0 saturated heterocycles. The van der Waals surface area contributed by atoms with Gasteiger partial charge in [-0.15, -0.1) is 0 Å². The summed E-state index contributed by atoms with van der Waals surface area (Å²) in [6.45, 7) is 0. The Morgan fingerprint density at radius 2 is 2.21 bits per heavy atom. The average Bonchev–Trinajstić information content (AvgIpc) is 2.14. The first kappa shape index (κ1) is 11.5. The molecular weight excluding hydrogens is 254 g/mol. The second kappa shape index (κ2) is 5.36. The Morgan fingerprint density at radius 1 is 1.50 bits per heavy atom. The van der Waals surface area contributed by atoms with Gasteiger partial charge in [0.15, 0.2) is 0 Å². The molecule has 1 heterocycles. The molecule has 0 saturated carbocycles. The molecule has 0 spiro atoms. The number of pyridine rings is 1. The largest absolute Gasteiger partial charge is 0.312 e. The lowest BCUT2D eigenvalue weighted by Gasteiger charge is -2.14. The first-order chi connectivity index (χ1) is 6.63. The van der Waals surface area contributed by atoms with Gasteiger partial charge >= 0.3 is 0 Å². The Hall–Kier alpha value is -0.550. The summed E-state index contributed by atoms with van der Waals surface area (Å²) in [5.41, 5.74) is 0.791. The zero-order chi connectivity index (χ0) is 10.6. The van der Waals surface area contributed by atoms with Crippen LogP contribution in [0.15, 0.2) is 22.9 Å². The van der Waals surface area contributed by atoms with Crippen LogP contribution in [0.4, 0.5) is 8.78 Å². The summed E-state index contributed by atoms with van der Waals surface area (Å²) in [4.78, 5) is 3.91. The number of hydrogen-bond acceptors (Lipinski definition) is 2. The molecule has 2 nitrogen and oxygen atoms in total. The van der Waals surface area contributed by atoms with Crippen molar-refractivity contribution in [3.63, 3.8) is 0 Å². The van der Waals surface area contributed by atoms with E-state index in [1.54, 1.807) is 18.5 Å². The van der Waals surface area contributed by atoms with Crippen LogP contribution in [-0.4, -0.2) is 24.5 Å². The van der Waals surface area contributed by atoms with Crippen LogP contribution in [0, 0.1) is 0 Å². The van der Waals surface area contributed by atoms with Gasteiger partial charge in [0.1, 0.15) is 0 Å². The number of halogens is 3. The zero-order valence-electron chi connectivity index (χ0n) is 7.67. The predicted octanol–water partition coefficient (Wildman–Crippen LogP) is 2.24. The third-order valence-electron chi connectivity index (χ3n) is 1.89. The van der Waals surface area contributed by atoms with Gasteiger partial charge in [0.05, 0.1) is 6.04 Å². The summed E-state index contributed by atoms with van der Waals surface area (Å²) in [5, 5.41) is 2.58. The molecule has 1 atom stereocenters. The molecule has 0 fully saturated rings. The van der Waals surface area contributed by atoms with Crippen molar-refractivity contribution in [3.05, 3.63) is 28.5 Å². The lowest BCUT2D eigenvalue weighted by atomic mass is 10.1. The molecule has 0 aliphatic carbocycles. The summed E-state index contributed by atoms with van der Waals surface area (Å²) < 4.78 is 25.6. The van der Waals surface area contributed by atoms with Gasteiger partial charge < -0.3 is 5.32 Å². The molecule has 1 aromatic heterocycles. The normalized spacial score (nSPS) is 13.2. The highest BCUT2D eigenvalue weighted by atomic mass is 79.9. The van der Waals surface area contributed by atoms with Gasteiger partial charge in [-0.2, -0.15) is 0 Å². The quantitative estimate of drug-likeness (QED) is 0.903. The predicted molar refractivity (Wildman–Crippen MR) is 54.5 cm³/mol. The summed E-state index contributed by atoms with van der Waals surface area (Å²) >= 11 is 3.24. The Bertz CT molecular complexity index is 294. The van der Waals surface area contributed by atoms with E-state index >= 15 is 0 Å². The third kappa shape index (κ3) is 3.31. The lowest BCUT2D eigenvalue weighted by Crippen LogP contribution is -2.34. The van der Waals surface area contributed by atoms with Crippen molar-refractivity contribution in [2.24, 2.45) is 0 Å². The van der Waals surface area contributed by atoms with E-state index in [9.17, 15) is 8.78 Å². The molecule has 14 heavy (non-hydrogen) atoms. The maximum absolute atomic E-state index is 12.4. The summed E-state index contributed by atoms with van der Waals surface area (Å²) in [6, 6.07) is 0.978. The van der Waals surface area contributed by atoms with Crippen LogP contribution >= 0.6 is 15.9 Å². The van der Waals surface area contributed by atoms with Crippen LogP contribution in [0.1, 0.15) is 5.56 Å². The number of alkyl halides is 2. The number of aromatic nitrogens is 1. The van der Waals surface area contributed by atoms with Crippen molar-refractivity contribution in [2.45, 2.75) is 18.9 Å². The molecule has 0 aromatic carbocycles. The van der Waals surface area contributed by atoms with Crippen LogP contribution in [-0.2, 0) is 6.42 Å². The van der Waals surface area contributed by atoms with E-state index in [4.69, 9.17) is 0 Å². The first-order valence-electron chi connectivity index (χ1n) is 4.18. The standard InChI is InChI=1S/C9H11BrF2N2/c1-13-8(9(11)12)3-6-2-7(10)5-14-4-6/h2,4-5,8-9,13H,3H2,1H3. The van der Waals surface area contributed by atoms with Crippen molar-refractivity contribution in [2.75, 3.05) is 7.05 Å². The minimum absolute atomic E-state index is 0.278. The van der Waals surface area contributed by atoms with E-state index < -0.39 is 12.5 Å². The van der Waals surface area contributed by atoms with Crippen LogP contribution in [0.2, 0.25) is 0 Å². The van der Waals surface area contributed by atoms with Crippen LogP contribution in [0.3, 0.4) is 0 Å². The van der Waals surface area contributed by atoms with Gasteiger partial charge in [-0.05, 0) is 41.0 Å². The molecule has 0 radical (unpaired) electrons. The van der Waals surface area contributed by atoms with Crippen LogP contribution in [0.25, 0.3) is 0 Å². The minimum atomic E-state index is -2.36. The van der Waals surface area contributed by atoms with Gasteiger partial charge in [-0.3, -0.25) is 4.98 Å². The van der Waals surface area contributed by atoms with E-state index in [0.29, 0.717) is 0 Å². The van der Waals surface area contributed by atoms with Crippen LogP contribution in [0.5, 0.6) is 0 Å². The fourth-order valence-electron chi connectivity index (χ4n) is 1.14. The average molecular weight is 265 g/mol. The van der Waals surface area contributed by atoms with Crippen LogP contribution < -0.4 is 5.32 Å². The molecule has 1 rings (SSSR count). The number of hydrogen-bond donors (Lipinski definition) is 1. The summed E-state index contributed by atoms with van der Waals surface area (Å²) in [7, 11) is 1.53. The minimum Gasteiger partial charge on any atom is -0.312 e. The van der Waals surface area contributed by atoms with Crippen molar-refractivity contribution >= 4 is 15.9 Å². The fourth-order valence-corrected chi connectivity index (χ4v) is 1.55. The van der Waals surface area contributed by atoms with Gasteiger partial charge in [0, 0.05) is 16.9 Å². The third-order valence-corrected chi connectivity index (χ3v) is 2.33. The maximum Gasteiger partial charge on any atom is 0.254 e. The van der Waals surface area contributed by atoms with Gasteiger partial charge in [0.2, 0.25) is 0 Å². The van der Waals surface area contributed by atoms with Crippen molar-refractivity contribution in [1.29, 1.82) is 0 Å². The molecule has 1 N–H and O–H groups in total. The van der Waals surface area contributed by atoms with Crippen molar-refractivity contribution < 1.29 is 8.78 Å². The molecule has 5 heteroatoms. The van der Waals surface area contributed by atoms with E-state index in [1.807, 2.05) is 0 Å². The Balaban J connectivity index is 2.67. The number of likely N-dealkylation sites (N-methyl/N-ethyl adjacent to an activating group) is 1. The first-order valence-corrected chi connectivity index (χ1v) is 4.97. The second-order valence-electron chi connectivity index (χ2n) is 2.95. The number of nitrogens with zero attached hydrogens (tertiary/aromatic N) is 1. The maximum atomic E-state index is 12.4. The number of nitrogens with one attached hydrogen (secondary N) is 1. The Kier molecular flexibility index (Phi) is 4.41. The van der Waals surface area contributed by atoms with Crippen molar-refractivity contribution in [3.8, 4) is 0 Å². The molecule has 0 bridgehead atoms. The second-order valence-corrected chi connectivity index (χ2v) is 3.86. The van der Waals surface area contributed by atoms with Gasteiger partial charge in [-0.25, -0.2) is 8.78 Å². The molecule has 78 valence electrons. The highest BCUT2D eigenvalue weighted by molar-refractivity contribution is 9.10. The summed E-state index contributed by atoms with van der Waals surface area (Å²) in [5.74, 6) is 0.